The van der Waals surface area contributed by atoms with Gasteiger partial charge in [0.25, 0.3) is 5.89 Å². The Labute approximate surface area is 178 Å². The predicted octanol–water partition coefficient (Wildman–Crippen LogP) is 3.05. The second-order valence-corrected chi connectivity index (χ2v) is 7.29. The first-order chi connectivity index (χ1) is 15.1. The molecule has 2 aliphatic heterocycles. The van der Waals surface area contributed by atoms with E-state index in [-0.39, 0.29) is 11.8 Å². The van der Waals surface area contributed by atoms with Crippen LogP contribution in [0.15, 0.2) is 40.9 Å². The van der Waals surface area contributed by atoms with Gasteiger partial charge in [0.1, 0.15) is 24.7 Å². The monoisotopic (exact) mass is 423 g/mol. The number of aromatic nitrogens is 2. The van der Waals surface area contributed by atoms with Crippen molar-refractivity contribution in [3.05, 3.63) is 42.2 Å². The lowest BCUT2D eigenvalue weighted by molar-refractivity contribution is -0.117. The van der Waals surface area contributed by atoms with Crippen LogP contribution in [0.1, 0.15) is 18.2 Å². The minimum absolute atomic E-state index is 0.00363. The number of hydrogen-bond donors (Lipinski definition) is 0. The van der Waals surface area contributed by atoms with Crippen LogP contribution >= 0.6 is 0 Å². The van der Waals surface area contributed by atoms with Gasteiger partial charge in [0.15, 0.2) is 17.3 Å². The molecule has 0 bridgehead atoms. The smallest absolute Gasteiger partial charge is 0.258 e. The standard InChI is InChI=1S/C22H21N3O6/c1-27-16-7-13(8-17(11-16)28-2)22-23-21(24-31-22)14-9-20(26)25(12-14)15-3-4-18-19(10-15)30-6-5-29-18/h3-4,7-8,10-11,14H,5-6,9,12H2,1-2H3. The van der Waals surface area contributed by atoms with Gasteiger partial charge in [-0.2, -0.15) is 4.98 Å². The number of methoxy groups -OCH3 is 2. The van der Waals surface area contributed by atoms with E-state index in [9.17, 15) is 4.79 Å². The number of nitrogens with zero attached hydrogens (tertiary/aromatic N) is 3. The Morgan fingerprint density at radius 2 is 1.74 bits per heavy atom. The zero-order valence-corrected chi connectivity index (χ0v) is 17.2. The molecule has 1 unspecified atom stereocenters. The molecule has 0 aliphatic carbocycles. The van der Waals surface area contributed by atoms with Crippen molar-refractivity contribution in [1.29, 1.82) is 0 Å². The lowest BCUT2D eigenvalue weighted by atomic mass is 10.1. The Bertz CT molecular complexity index is 1110. The molecule has 0 saturated carbocycles. The second-order valence-electron chi connectivity index (χ2n) is 7.29. The van der Waals surface area contributed by atoms with Gasteiger partial charge >= 0.3 is 0 Å². The summed E-state index contributed by atoms with van der Waals surface area (Å²) in [5.41, 5.74) is 1.45. The number of amides is 1. The lowest BCUT2D eigenvalue weighted by Gasteiger charge is -2.22. The number of carbonyl (C=O) groups is 1. The molecule has 1 amide bonds. The number of benzene rings is 2. The summed E-state index contributed by atoms with van der Waals surface area (Å²) in [5, 5.41) is 4.13. The molecule has 1 fully saturated rings. The number of carbonyl (C=O) groups excluding carboxylic acids is 1. The quantitative estimate of drug-likeness (QED) is 0.618. The van der Waals surface area contributed by atoms with E-state index in [1.54, 1.807) is 37.3 Å². The normalized spacial score (nSPS) is 17.7. The first-order valence-corrected chi connectivity index (χ1v) is 9.91. The molecule has 0 radical (unpaired) electrons. The van der Waals surface area contributed by atoms with Crippen LogP contribution in [0.4, 0.5) is 5.69 Å². The topological polar surface area (TPSA) is 96.2 Å². The van der Waals surface area contributed by atoms with Crippen LogP contribution < -0.4 is 23.8 Å². The molecule has 1 saturated heterocycles. The number of anilines is 1. The van der Waals surface area contributed by atoms with E-state index >= 15 is 0 Å². The molecule has 1 atom stereocenters. The molecular formula is C22H21N3O6. The summed E-state index contributed by atoms with van der Waals surface area (Å²) in [4.78, 5) is 19.0. The van der Waals surface area contributed by atoms with Gasteiger partial charge in [-0.15, -0.1) is 0 Å². The zero-order chi connectivity index (χ0) is 21.4. The number of hydrogen-bond acceptors (Lipinski definition) is 8. The SMILES string of the molecule is COc1cc(OC)cc(-c2nc(C3CC(=O)N(c4ccc5c(c4)OCCO5)C3)no2)c1. The molecule has 3 heterocycles. The maximum atomic E-state index is 12.7. The first kappa shape index (κ1) is 19.2. The van der Waals surface area contributed by atoms with Gasteiger partial charge in [-0.3, -0.25) is 4.79 Å². The highest BCUT2D eigenvalue weighted by Crippen LogP contribution is 2.38. The minimum Gasteiger partial charge on any atom is -0.497 e. The van der Waals surface area contributed by atoms with Gasteiger partial charge in [-0.25, -0.2) is 0 Å². The van der Waals surface area contributed by atoms with Crippen molar-refractivity contribution in [2.75, 3.05) is 38.9 Å². The predicted molar refractivity (Wildman–Crippen MR) is 110 cm³/mol. The Morgan fingerprint density at radius 3 is 2.48 bits per heavy atom. The molecule has 1 aromatic heterocycles. The molecule has 9 nitrogen and oxygen atoms in total. The average molecular weight is 423 g/mol. The number of ether oxygens (including phenoxy) is 4. The van der Waals surface area contributed by atoms with E-state index in [0.29, 0.717) is 66.5 Å². The maximum Gasteiger partial charge on any atom is 0.258 e. The van der Waals surface area contributed by atoms with Gasteiger partial charge in [-0.05, 0) is 24.3 Å². The van der Waals surface area contributed by atoms with Gasteiger partial charge in [0, 0.05) is 42.3 Å². The van der Waals surface area contributed by atoms with E-state index < -0.39 is 0 Å². The highest BCUT2D eigenvalue weighted by atomic mass is 16.6. The third-order valence-corrected chi connectivity index (χ3v) is 5.37. The number of rotatable bonds is 5. The molecule has 2 aromatic carbocycles. The molecule has 0 spiro atoms. The van der Waals surface area contributed by atoms with Gasteiger partial charge < -0.3 is 28.4 Å². The van der Waals surface area contributed by atoms with Gasteiger partial charge in [-0.1, -0.05) is 5.16 Å². The summed E-state index contributed by atoms with van der Waals surface area (Å²) < 4.78 is 27.3. The average Bonchev–Trinajstić information content (AvgIpc) is 3.45. The first-order valence-electron chi connectivity index (χ1n) is 9.91. The van der Waals surface area contributed by atoms with Crippen molar-refractivity contribution in [3.8, 4) is 34.5 Å². The van der Waals surface area contributed by atoms with Crippen LogP contribution in [0.25, 0.3) is 11.5 Å². The van der Waals surface area contributed by atoms with Gasteiger partial charge in [0.2, 0.25) is 5.91 Å². The van der Waals surface area contributed by atoms with E-state index in [4.69, 9.17) is 23.5 Å². The fourth-order valence-electron chi connectivity index (χ4n) is 3.78. The fourth-order valence-corrected chi connectivity index (χ4v) is 3.78. The maximum absolute atomic E-state index is 12.7. The highest BCUT2D eigenvalue weighted by Gasteiger charge is 2.35. The Hall–Kier alpha value is -3.75. The van der Waals surface area contributed by atoms with E-state index in [1.165, 1.54) is 0 Å². The van der Waals surface area contributed by atoms with Crippen LogP contribution in [0.2, 0.25) is 0 Å². The third kappa shape index (κ3) is 3.63. The molecule has 2 aliphatic rings. The summed E-state index contributed by atoms with van der Waals surface area (Å²) in [6, 6.07) is 10.9. The third-order valence-electron chi connectivity index (χ3n) is 5.37. The lowest BCUT2D eigenvalue weighted by Crippen LogP contribution is -2.25. The van der Waals surface area contributed by atoms with Crippen LogP contribution in [-0.4, -0.2) is 50.0 Å². The van der Waals surface area contributed by atoms with Crippen molar-refractivity contribution >= 4 is 11.6 Å². The van der Waals surface area contributed by atoms with Crippen molar-refractivity contribution in [2.45, 2.75) is 12.3 Å². The molecular weight excluding hydrogens is 402 g/mol. The van der Waals surface area contributed by atoms with Crippen LogP contribution in [0, 0.1) is 0 Å². The van der Waals surface area contributed by atoms with Crippen LogP contribution in [-0.2, 0) is 4.79 Å². The van der Waals surface area contributed by atoms with E-state index in [1.807, 2.05) is 18.2 Å². The minimum atomic E-state index is -0.175. The summed E-state index contributed by atoms with van der Waals surface area (Å²) in [6.07, 6.45) is 0.300. The molecule has 5 rings (SSSR count). The largest absolute Gasteiger partial charge is 0.497 e. The molecule has 9 heteroatoms. The summed E-state index contributed by atoms with van der Waals surface area (Å²) in [6.45, 7) is 1.48. The summed E-state index contributed by atoms with van der Waals surface area (Å²) >= 11 is 0. The van der Waals surface area contributed by atoms with Crippen molar-refractivity contribution < 1.29 is 28.3 Å². The van der Waals surface area contributed by atoms with Crippen molar-refractivity contribution in [1.82, 2.24) is 10.1 Å². The Morgan fingerprint density at radius 1 is 1.00 bits per heavy atom. The molecule has 160 valence electrons. The second kappa shape index (κ2) is 7.82. The summed E-state index contributed by atoms with van der Waals surface area (Å²) in [7, 11) is 3.16. The molecule has 0 N–H and O–H groups in total. The zero-order valence-electron chi connectivity index (χ0n) is 17.2. The fraction of sp³-hybridized carbons (Fsp3) is 0.318. The van der Waals surface area contributed by atoms with E-state index in [2.05, 4.69) is 10.1 Å². The van der Waals surface area contributed by atoms with Crippen molar-refractivity contribution in [3.63, 3.8) is 0 Å². The highest BCUT2D eigenvalue weighted by molar-refractivity contribution is 5.96. The molecule has 3 aromatic rings. The van der Waals surface area contributed by atoms with Crippen LogP contribution in [0.3, 0.4) is 0 Å². The Balaban J connectivity index is 1.37. The number of fused-ring (bicyclic) bond motifs is 1. The summed E-state index contributed by atoms with van der Waals surface area (Å²) in [5.74, 6) is 3.23. The van der Waals surface area contributed by atoms with Crippen molar-refractivity contribution in [2.24, 2.45) is 0 Å². The van der Waals surface area contributed by atoms with Gasteiger partial charge in [0.05, 0.1) is 14.2 Å². The van der Waals surface area contributed by atoms with Crippen LogP contribution in [0.5, 0.6) is 23.0 Å². The Kier molecular flexibility index (Phi) is 4.85. The van der Waals surface area contributed by atoms with E-state index in [0.717, 1.165) is 5.69 Å². The molecule has 31 heavy (non-hydrogen) atoms.